The normalized spacial score (nSPS) is 15.8. The zero-order chi connectivity index (χ0) is 28.8. The van der Waals surface area contributed by atoms with Crippen LogP contribution in [0.1, 0.15) is 29.7 Å². The molecule has 210 valence electrons. The summed E-state index contributed by atoms with van der Waals surface area (Å²) in [4.78, 5) is 20.1. The predicted molar refractivity (Wildman–Crippen MR) is 141 cm³/mol. The van der Waals surface area contributed by atoms with Crippen molar-refractivity contribution in [3.63, 3.8) is 0 Å². The first kappa shape index (κ1) is 27.7. The summed E-state index contributed by atoms with van der Waals surface area (Å²) in [6.45, 7) is 3.35. The van der Waals surface area contributed by atoms with Crippen LogP contribution in [0.2, 0.25) is 0 Å². The molecule has 2 aromatic heterocycles. The number of phenols is 1. The smallest absolute Gasteiger partial charge is 0.431 e. The SMILES string of the molecule is Cc1cc(F)cc(-c2cnc3cc(C(F)(F)F)n(-c4cc(O)cc(F)c4)c(=O)c3c2CN(C)C[C@@H]2CCCN2)c1. The van der Waals surface area contributed by atoms with Crippen LogP contribution in [0, 0.1) is 18.6 Å². The Bertz CT molecular complexity index is 1600. The Morgan fingerprint density at radius 2 is 1.85 bits per heavy atom. The Morgan fingerprint density at radius 1 is 1.10 bits per heavy atom. The monoisotopic (exact) mass is 558 g/mol. The van der Waals surface area contributed by atoms with Crippen LogP contribution in [-0.4, -0.2) is 45.7 Å². The lowest BCUT2D eigenvalue weighted by molar-refractivity contribution is -0.142. The second-order valence-corrected chi connectivity index (χ2v) is 10.3. The quantitative estimate of drug-likeness (QED) is 0.304. The third kappa shape index (κ3) is 5.57. The first-order chi connectivity index (χ1) is 18.9. The van der Waals surface area contributed by atoms with Crippen molar-refractivity contribution in [2.45, 2.75) is 38.5 Å². The number of aryl methyl sites for hydroxylation is 1. The van der Waals surface area contributed by atoms with E-state index in [1.807, 2.05) is 11.9 Å². The highest BCUT2D eigenvalue weighted by molar-refractivity contribution is 5.88. The van der Waals surface area contributed by atoms with Crippen molar-refractivity contribution in [3.05, 3.63) is 87.5 Å². The lowest BCUT2D eigenvalue weighted by Gasteiger charge is -2.24. The number of aromatic hydroxyl groups is 1. The van der Waals surface area contributed by atoms with Gasteiger partial charge in [-0.05, 0) is 74.3 Å². The maximum absolute atomic E-state index is 14.4. The molecule has 40 heavy (non-hydrogen) atoms. The fraction of sp³-hybridized carbons (Fsp3) is 0.310. The summed E-state index contributed by atoms with van der Waals surface area (Å²) in [6, 6.07) is 7.64. The second-order valence-electron chi connectivity index (χ2n) is 10.3. The minimum atomic E-state index is -5.00. The summed E-state index contributed by atoms with van der Waals surface area (Å²) in [5, 5.41) is 13.2. The van der Waals surface area contributed by atoms with Gasteiger partial charge in [0.05, 0.1) is 16.6 Å². The van der Waals surface area contributed by atoms with Gasteiger partial charge in [-0.1, -0.05) is 6.07 Å². The molecule has 4 aromatic rings. The van der Waals surface area contributed by atoms with E-state index in [1.54, 1.807) is 13.0 Å². The molecule has 11 heteroatoms. The Morgan fingerprint density at radius 3 is 2.50 bits per heavy atom. The molecule has 0 saturated carbocycles. The number of benzene rings is 2. The molecular formula is C29H27F5N4O2. The zero-order valence-electron chi connectivity index (χ0n) is 21.8. The second kappa shape index (κ2) is 10.6. The number of pyridine rings is 2. The van der Waals surface area contributed by atoms with E-state index in [4.69, 9.17) is 0 Å². The third-order valence-corrected chi connectivity index (χ3v) is 7.04. The van der Waals surface area contributed by atoms with Gasteiger partial charge < -0.3 is 15.3 Å². The van der Waals surface area contributed by atoms with Gasteiger partial charge in [-0.2, -0.15) is 13.2 Å². The van der Waals surface area contributed by atoms with Crippen molar-refractivity contribution in [1.29, 1.82) is 0 Å². The number of hydrogen-bond donors (Lipinski definition) is 2. The van der Waals surface area contributed by atoms with Crippen LogP contribution in [0.15, 0.2) is 53.5 Å². The topological polar surface area (TPSA) is 70.4 Å². The maximum Gasteiger partial charge on any atom is 0.431 e. The largest absolute Gasteiger partial charge is 0.508 e. The molecule has 0 amide bonds. The van der Waals surface area contributed by atoms with Gasteiger partial charge >= 0.3 is 6.18 Å². The lowest BCUT2D eigenvalue weighted by Crippen LogP contribution is -2.35. The molecule has 0 aliphatic carbocycles. The summed E-state index contributed by atoms with van der Waals surface area (Å²) in [5.74, 6) is -2.16. The zero-order valence-corrected chi connectivity index (χ0v) is 21.8. The number of aromatic nitrogens is 2. The van der Waals surface area contributed by atoms with E-state index in [-0.39, 0.29) is 23.5 Å². The van der Waals surface area contributed by atoms with E-state index >= 15 is 0 Å². The molecule has 0 radical (unpaired) electrons. The number of phenolic OH excluding ortho intramolecular Hbond substituents is 1. The van der Waals surface area contributed by atoms with Crippen LogP contribution in [-0.2, 0) is 12.7 Å². The Hall–Kier alpha value is -3.83. The van der Waals surface area contributed by atoms with Crippen LogP contribution in [0.5, 0.6) is 5.75 Å². The van der Waals surface area contributed by atoms with E-state index in [9.17, 15) is 31.9 Å². The Labute approximate surface area is 226 Å². The van der Waals surface area contributed by atoms with E-state index in [0.29, 0.717) is 33.4 Å². The summed E-state index contributed by atoms with van der Waals surface area (Å²) >= 11 is 0. The number of rotatable bonds is 6. The van der Waals surface area contributed by atoms with Crippen LogP contribution >= 0.6 is 0 Å². The molecule has 2 N–H and O–H groups in total. The molecule has 1 fully saturated rings. The highest BCUT2D eigenvalue weighted by atomic mass is 19.4. The van der Waals surface area contributed by atoms with Crippen molar-refractivity contribution in [3.8, 4) is 22.6 Å². The molecule has 1 aliphatic heterocycles. The maximum atomic E-state index is 14.4. The van der Waals surface area contributed by atoms with Gasteiger partial charge in [-0.3, -0.25) is 14.3 Å². The Kier molecular flexibility index (Phi) is 7.36. The van der Waals surface area contributed by atoms with Gasteiger partial charge in [0.25, 0.3) is 5.56 Å². The van der Waals surface area contributed by atoms with Crippen LogP contribution in [0.4, 0.5) is 22.0 Å². The van der Waals surface area contributed by atoms with Gasteiger partial charge in [-0.15, -0.1) is 0 Å². The van der Waals surface area contributed by atoms with Crippen LogP contribution in [0.3, 0.4) is 0 Å². The van der Waals surface area contributed by atoms with Gasteiger partial charge in [0.1, 0.15) is 23.1 Å². The number of alkyl halides is 3. The first-order valence-corrected chi connectivity index (χ1v) is 12.7. The molecule has 1 atom stereocenters. The van der Waals surface area contributed by atoms with Crippen molar-refractivity contribution in [2.75, 3.05) is 20.1 Å². The standard InChI is InChI=1S/C29H27F5N4O2/c1-16-6-17(8-18(30)7-16)23-13-36-25-12-26(29(32,33)34)38(21-9-19(31)10-22(39)11-21)28(40)27(25)24(23)15-37(2)14-20-4-3-5-35-20/h6-13,20,35,39H,3-5,14-15H2,1-2H3/t20-/m0/s1. The summed E-state index contributed by atoms with van der Waals surface area (Å²) in [6.07, 6.45) is -1.66. The number of nitrogens with one attached hydrogen (secondary N) is 1. The van der Waals surface area contributed by atoms with Gasteiger partial charge in [0.15, 0.2) is 0 Å². The number of hydrogen-bond acceptors (Lipinski definition) is 5. The molecule has 1 saturated heterocycles. The van der Waals surface area contributed by atoms with Crippen LogP contribution < -0.4 is 10.9 Å². The molecule has 0 spiro atoms. The fourth-order valence-electron chi connectivity index (χ4n) is 5.41. The highest BCUT2D eigenvalue weighted by Gasteiger charge is 2.37. The highest BCUT2D eigenvalue weighted by Crippen LogP contribution is 2.35. The van der Waals surface area contributed by atoms with E-state index in [1.165, 1.54) is 18.3 Å². The molecule has 1 aliphatic rings. The molecule has 0 unspecified atom stereocenters. The van der Waals surface area contributed by atoms with Gasteiger partial charge in [0.2, 0.25) is 0 Å². The average Bonchev–Trinajstić information content (AvgIpc) is 3.35. The van der Waals surface area contributed by atoms with E-state index in [0.717, 1.165) is 43.7 Å². The Balaban J connectivity index is 1.81. The van der Waals surface area contributed by atoms with Crippen molar-refractivity contribution >= 4 is 10.9 Å². The first-order valence-electron chi connectivity index (χ1n) is 12.7. The molecular weight excluding hydrogens is 531 g/mol. The molecule has 3 heterocycles. The van der Waals surface area contributed by atoms with E-state index < -0.39 is 40.5 Å². The lowest BCUT2D eigenvalue weighted by atomic mass is 9.96. The third-order valence-electron chi connectivity index (χ3n) is 7.04. The van der Waals surface area contributed by atoms with Crippen molar-refractivity contribution in [1.82, 2.24) is 19.8 Å². The van der Waals surface area contributed by atoms with Crippen molar-refractivity contribution < 1.29 is 27.1 Å². The molecule has 0 bridgehead atoms. The number of halogens is 5. The number of likely N-dealkylation sites (N-methyl/N-ethyl adjacent to an activating group) is 1. The predicted octanol–water partition coefficient (Wildman–Crippen LogP) is 5.55. The van der Waals surface area contributed by atoms with Gasteiger partial charge in [0, 0.05) is 43.0 Å². The number of fused-ring (bicyclic) bond motifs is 1. The van der Waals surface area contributed by atoms with Crippen molar-refractivity contribution in [2.24, 2.45) is 0 Å². The minimum Gasteiger partial charge on any atom is -0.508 e. The average molecular weight is 559 g/mol. The summed E-state index contributed by atoms with van der Waals surface area (Å²) < 4.78 is 71.6. The molecule has 5 rings (SSSR count). The van der Waals surface area contributed by atoms with Gasteiger partial charge in [-0.25, -0.2) is 8.78 Å². The minimum absolute atomic E-state index is 0.109. The number of nitrogens with zero attached hydrogens (tertiary/aromatic N) is 3. The van der Waals surface area contributed by atoms with Crippen LogP contribution in [0.25, 0.3) is 27.7 Å². The molecule has 6 nitrogen and oxygen atoms in total. The summed E-state index contributed by atoms with van der Waals surface area (Å²) in [5.41, 5.74) is -1.35. The fourth-order valence-corrected chi connectivity index (χ4v) is 5.41. The van der Waals surface area contributed by atoms with E-state index in [2.05, 4.69) is 10.3 Å². The molecule has 2 aromatic carbocycles. The summed E-state index contributed by atoms with van der Waals surface area (Å²) in [7, 11) is 1.83.